The fraction of sp³-hybridized carbons (Fsp3) is 0.417. The minimum atomic E-state index is -0.906. The molecule has 0 heterocycles. The molecule has 3 nitrogen and oxygen atoms in total. The highest BCUT2D eigenvalue weighted by Crippen LogP contribution is 2.20. The smallest absolute Gasteiger partial charge is 0.232 e. The molecule has 1 aromatic carbocycles. The highest BCUT2D eigenvalue weighted by molar-refractivity contribution is 8.00. The molecule has 0 fully saturated rings. The van der Waals surface area contributed by atoms with E-state index in [0.717, 1.165) is 12.1 Å². The molecule has 0 aliphatic heterocycles. The van der Waals surface area contributed by atoms with Gasteiger partial charge in [0.15, 0.2) is 11.6 Å². The second-order valence-electron chi connectivity index (χ2n) is 3.95. The van der Waals surface area contributed by atoms with Gasteiger partial charge >= 0.3 is 0 Å². The van der Waals surface area contributed by atoms with Gasteiger partial charge in [0.05, 0.1) is 5.75 Å². The minimum absolute atomic E-state index is 0. The first-order chi connectivity index (χ1) is 8.45. The summed E-state index contributed by atoms with van der Waals surface area (Å²) in [7, 11) is 1.67. The van der Waals surface area contributed by atoms with E-state index >= 15 is 0 Å². The van der Waals surface area contributed by atoms with Gasteiger partial charge in [-0.1, -0.05) is 0 Å². The van der Waals surface area contributed by atoms with E-state index < -0.39 is 11.6 Å². The van der Waals surface area contributed by atoms with Crippen LogP contribution in [-0.2, 0) is 4.79 Å². The molecule has 0 saturated heterocycles. The summed E-state index contributed by atoms with van der Waals surface area (Å²) in [5, 5.41) is 0. The summed E-state index contributed by atoms with van der Waals surface area (Å²) in [4.78, 5) is 13.8. The molecule has 0 spiro atoms. The summed E-state index contributed by atoms with van der Waals surface area (Å²) >= 11 is 1.17. The van der Waals surface area contributed by atoms with Crippen LogP contribution in [0.4, 0.5) is 8.78 Å². The Hall–Kier alpha value is -0.850. The van der Waals surface area contributed by atoms with Crippen molar-refractivity contribution in [2.24, 2.45) is 5.73 Å². The first-order valence-corrected chi connectivity index (χ1v) is 6.47. The van der Waals surface area contributed by atoms with Crippen LogP contribution in [-0.4, -0.2) is 36.2 Å². The fourth-order valence-corrected chi connectivity index (χ4v) is 2.06. The SMILES string of the molecule is CC(CN)N(C)C(=O)CSc1ccc(F)c(F)c1.Cl. The van der Waals surface area contributed by atoms with Gasteiger partial charge in [0.25, 0.3) is 0 Å². The molecule has 108 valence electrons. The molecule has 0 aliphatic carbocycles. The lowest BCUT2D eigenvalue weighted by atomic mass is 10.3. The van der Waals surface area contributed by atoms with E-state index in [1.807, 2.05) is 6.92 Å². The molecular formula is C12H17ClF2N2OS. The minimum Gasteiger partial charge on any atom is -0.341 e. The van der Waals surface area contributed by atoms with Crippen LogP contribution in [0.3, 0.4) is 0 Å². The highest BCUT2D eigenvalue weighted by atomic mass is 35.5. The van der Waals surface area contributed by atoms with Gasteiger partial charge in [-0.15, -0.1) is 24.2 Å². The third-order valence-corrected chi connectivity index (χ3v) is 3.63. The van der Waals surface area contributed by atoms with E-state index in [9.17, 15) is 13.6 Å². The lowest BCUT2D eigenvalue weighted by Gasteiger charge is -2.23. The molecule has 7 heteroatoms. The van der Waals surface area contributed by atoms with Crippen LogP contribution in [0.15, 0.2) is 23.1 Å². The van der Waals surface area contributed by atoms with Crippen molar-refractivity contribution in [3.05, 3.63) is 29.8 Å². The van der Waals surface area contributed by atoms with Crippen molar-refractivity contribution in [3.63, 3.8) is 0 Å². The van der Waals surface area contributed by atoms with E-state index in [1.165, 1.54) is 17.8 Å². The van der Waals surface area contributed by atoms with Gasteiger partial charge in [-0.3, -0.25) is 4.79 Å². The summed E-state index contributed by atoms with van der Waals surface area (Å²) in [5.41, 5.74) is 5.46. The van der Waals surface area contributed by atoms with Gasteiger partial charge < -0.3 is 10.6 Å². The molecule has 1 rings (SSSR count). The second-order valence-corrected chi connectivity index (χ2v) is 5.00. The largest absolute Gasteiger partial charge is 0.341 e. The molecule has 0 radical (unpaired) electrons. The highest BCUT2D eigenvalue weighted by Gasteiger charge is 2.14. The number of carbonyl (C=O) groups excluding carboxylic acids is 1. The van der Waals surface area contributed by atoms with Crippen LogP contribution >= 0.6 is 24.2 Å². The molecular weight excluding hydrogens is 294 g/mol. The van der Waals surface area contributed by atoms with Crippen LogP contribution in [0.25, 0.3) is 0 Å². The van der Waals surface area contributed by atoms with Crippen molar-refractivity contribution < 1.29 is 13.6 Å². The number of rotatable bonds is 5. The quantitative estimate of drug-likeness (QED) is 0.849. The number of likely N-dealkylation sites (N-methyl/N-ethyl adjacent to an activating group) is 1. The third-order valence-electron chi connectivity index (χ3n) is 2.65. The van der Waals surface area contributed by atoms with Crippen LogP contribution in [0.1, 0.15) is 6.92 Å². The van der Waals surface area contributed by atoms with Gasteiger partial charge in [0.2, 0.25) is 5.91 Å². The molecule has 0 aromatic heterocycles. The van der Waals surface area contributed by atoms with Crippen LogP contribution in [0, 0.1) is 11.6 Å². The first kappa shape index (κ1) is 18.1. The van der Waals surface area contributed by atoms with Gasteiger partial charge in [-0.2, -0.15) is 0 Å². The Morgan fingerprint density at radius 1 is 1.42 bits per heavy atom. The number of halogens is 3. The first-order valence-electron chi connectivity index (χ1n) is 5.49. The average Bonchev–Trinajstić information content (AvgIpc) is 2.37. The van der Waals surface area contributed by atoms with Crippen molar-refractivity contribution in [2.45, 2.75) is 17.9 Å². The maximum Gasteiger partial charge on any atom is 0.232 e. The Labute approximate surface area is 121 Å². The molecule has 0 bridgehead atoms. The number of hydrogen-bond donors (Lipinski definition) is 1. The number of nitrogens with two attached hydrogens (primary N) is 1. The van der Waals surface area contributed by atoms with Gasteiger partial charge in [0, 0.05) is 24.5 Å². The van der Waals surface area contributed by atoms with Crippen molar-refractivity contribution in [3.8, 4) is 0 Å². The fourth-order valence-electron chi connectivity index (χ4n) is 1.22. The molecule has 1 amide bonds. The Morgan fingerprint density at radius 2 is 2.05 bits per heavy atom. The summed E-state index contributed by atoms with van der Waals surface area (Å²) in [6.45, 7) is 2.23. The molecule has 0 aliphatic rings. The third kappa shape index (κ3) is 5.34. The zero-order chi connectivity index (χ0) is 13.7. The number of thioether (sulfide) groups is 1. The molecule has 1 aromatic rings. The van der Waals surface area contributed by atoms with Crippen LogP contribution in [0.5, 0.6) is 0 Å². The number of hydrogen-bond acceptors (Lipinski definition) is 3. The normalized spacial score (nSPS) is 11.6. The standard InChI is InChI=1S/C12H16F2N2OS.ClH/c1-8(6-15)16(2)12(17)7-18-9-3-4-10(13)11(14)5-9;/h3-5,8H,6-7,15H2,1-2H3;1H. The lowest BCUT2D eigenvalue weighted by Crippen LogP contribution is -2.40. The zero-order valence-electron chi connectivity index (χ0n) is 10.7. The topological polar surface area (TPSA) is 46.3 Å². The zero-order valence-corrected chi connectivity index (χ0v) is 12.4. The molecule has 0 saturated carbocycles. The predicted molar refractivity (Wildman–Crippen MR) is 75.6 cm³/mol. The lowest BCUT2D eigenvalue weighted by molar-refractivity contribution is -0.128. The number of benzene rings is 1. The van der Waals surface area contributed by atoms with Crippen LogP contribution in [0.2, 0.25) is 0 Å². The molecule has 19 heavy (non-hydrogen) atoms. The Kier molecular flexibility index (Phi) is 7.97. The van der Waals surface area contributed by atoms with E-state index in [1.54, 1.807) is 11.9 Å². The Morgan fingerprint density at radius 3 is 2.58 bits per heavy atom. The Balaban J connectivity index is 0.00000324. The molecule has 1 atom stereocenters. The van der Waals surface area contributed by atoms with E-state index in [4.69, 9.17) is 5.73 Å². The van der Waals surface area contributed by atoms with Crippen molar-refractivity contribution in [1.29, 1.82) is 0 Å². The summed E-state index contributed by atoms with van der Waals surface area (Å²) in [6, 6.07) is 3.54. The number of nitrogens with zero attached hydrogens (tertiary/aromatic N) is 1. The van der Waals surface area contributed by atoms with Crippen molar-refractivity contribution in [2.75, 3.05) is 19.3 Å². The Bertz CT molecular complexity index is 434. The van der Waals surface area contributed by atoms with E-state index in [0.29, 0.717) is 11.4 Å². The maximum atomic E-state index is 12.9. The summed E-state index contributed by atoms with van der Waals surface area (Å²) in [5.74, 6) is -1.72. The van der Waals surface area contributed by atoms with Crippen molar-refractivity contribution in [1.82, 2.24) is 4.90 Å². The molecule has 2 N–H and O–H groups in total. The van der Waals surface area contributed by atoms with Gasteiger partial charge in [-0.05, 0) is 25.1 Å². The predicted octanol–water partition coefficient (Wildman–Crippen LogP) is 2.28. The molecule has 1 unspecified atom stereocenters. The number of amides is 1. The van der Waals surface area contributed by atoms with Crippen molar-refractivity contribution >= 4 is 30.1 Å². The monoisotopic (exact) mass is 310 g/mol. The summed E-state index contributed by atoms with van der Waals surface area (Å²) in [6.07, 6.45) is 0. The van der Waals surface area contributed by atoms with Gasteiger partial charge in [0.1, 0.15) is 0 Å². The number of carbonyl (C=O) groups is 1. The maximum absolute atomic E-state index is 12.9. The van der Waals surface area contributed by atoms with Gasteiger partial charge in [-0.25, -0.2) is 8.78 Å². The van der Waals surface area contributed by atoms with E-state index in [2.05, 4.69) is 0 Å². The average molecular weight is 311 g/mol. The van der Waals surface area contributed by atoms with E-state index in [-0.39, 0.29) is 30.1 Å². The van der Waals surface area contributed by atoms with Crippen LogP contribution < -0.4 is 5.73 Å². The second kappa shape index (κ2) is 8.35. The summed E-state index contributed by atoms with van der Waals surface area (Å²) < 4.78 is 25.6.